The van der Waals surface area contributed by atoms with E-state index in [4.69, 9.17) is 0 Å². The van der Waals surface area contributed by atoms with Crippen LogP contribution in [0.15, 0.2) is 0 Å². The van der Waals surface area contributed by atoms with Gasteiger partial charge in [0.2, 0.25) is 0 Å². The van der Waals surface area contributed by atoms with Crippen LogP contribution in [0.5, 0.6) is 0 Å². The summed E-state index contributed by atoms with van der Waals surface area (Å²) >= 11 is 0. The summed E-state index contributed by atoms with van der Waals surface area (Å²) in [7, 11) is 0. The van der Waals surface area contributed by atoms with Crippen LogP contribution in [0, 0.1) is 80.8 Å². The summed E-state index contributed by atoms with van der Waals surface area (Å²) in [6.45, 7) is 67.2. The van der Waals surface area contributed by atoms with Gasteiger partial charge in [-0.3, -0.25) is 0 Å². The smallest absolute Gasteiger partial charge is 0.0328 e. The second-order valence-corrected chi connectivity index (χ2v) is 28.0. The molecule has 5 atom stereocenters. The lowest BCUT2D eigenvalue weighted by molar-refractivity contribution is 0.281. The fourth-order valence-electron chi connectivity index (χ4n) is 8.46. The Balaban J connectivity index is -0.000000157. The lowest BCUT2D eigenvalue weighted by Gasteiger charge is -2.22. The van der Waals surface area contributed by atoms with Crippen molar-refractivity contribution < 1.29 is 0 Å². The van der Waals surface area contributed by atoms with Gasteiger partial charge in [0.05, 0.1) is 0 Å². The highest BCUT2D eigenvalue weighted by atomic mass is 14.4. The number of hydrogen-bond acceptors (Lipinski definition) is 0. The van der Waals surface area contributed by atoms with Crippen LogP contribution in [0.2, 0.25) is 0 Å². The minimum atomic E-state index is 0.500. The third-order valence-corrected chi connectivity index (χ3v) is 16.0. The maximum absolute atomic E-state index is 2.42. The van der Waals surface area contributed by atoms with Gasteiger partial charge in [0.1, 0.15) is 0 Å². The Labute approximate surface area is 440 Å². The summed E-state index contributed by atoms with van der Waals surface area (Å²) in [6, 6.07) is 0. The summed E-state index contributed by atoms with van der Waals surface area (Å²) in [5.41, 5.74) is 2.43. The zero-order valence-electron chi connectivity index (χ0n) is 54.7. The van der Waals surface area contributed by atoms with Gasteiger partial charge in [-0.1, -0.05) is 343 Å². The largest absolute Gasteiger partial charge is 0.0683 e. The summed E-state index contributed by atoms with van der Waals surface area (Å²) in [4.78, 5) is 0. The van der Waals surface area contributed by atoms with Crippen LogP contribution >= 0.6 is 0 Å². The average Bonchev–Trinajstić information content (AvgIpc) is 4.12. The van der Waals surface area contributed by atoms with Gasteiger partial charge in [0, 0.05) is 0 Å². The molecule has 0 aromatic heterocycles. The predicted molar refractivity (Wildman–Crippen MR) is 326 cm³/mol. The quantitative estimate of drug-likeness (QED) is 0.259. The zero-order valence-corrected chi connectivity index (χ0v) is 54.7. The summed E-state index contributed by atoms with van der Waals surface area (Å²) < 4.78 is 0. The number of hydrogen-bond donors (Lipinski definition) is 0. The molecule has 0 amide bonds. The topological polar surface area (TPSA) is 0 Å². The Morgan fingerprint density at radius 2 is 0.735 bits per heavy atom. The molecule has 0 heterocycles. The summed E-state index contributed by atoms with van der Waals surface area (Å²) in [5, 5.41) is 0. The van der Waals surface area contributed by atoms with Gasteiger partial charge in [-0.05, 0) is 100 Å². The molecular weight excluding hydrogens is 817 g/mol. The first kappa shape index (κ1) is 79.4. The van der Waals surface area contributed by atoms with Gasteiger partial charge in [0.25, 0.3) is 0 Å². The molecule has 6 rings (SSSR count). The van der Waals surface area contributed by atoms with Gasteiger partial charge in [0.15, 0.2) is 0 Å². The van der Waals surface area contributed by atoms with Crippen molar-refractivity contribution in [2.75, 3.05) is 0 Å². The van der Waals surface area contributed by atoms with Crippen LogP contribution in [0.3, 0.4) is 0 Å². The molecule has 0 aliphatic heterocycles. The zero-order chi connectivity index (χ0) is 54.7. The predicted octanol–water partition coefficient (Wildman–Crippen LogP) is 26.0. The lowest BCUT2D eigenvalue weighted by atomic mass is 9.83. The highest BCUT2D eigenvalue weighted by Crippen LogP contribution is 2.42. The Hall–Kier alpha value is 0. The molecule has 0 aromatic carbocycles. The van der Waals surface area contributed by atoms with Crippen molar-refractivity contribution in [3.8, 4) is 0 Å². The van der Waals surface area contributed by atoms with Gasteiger partial charge in [-0.15, -0.1) is 0 Å². The average molecular weight is 966 g/mol. The van der Waals surface area contributed by atoms with Crippen molar-refractivity contribution in [3.63, 3.8) is 0 Å². The van der Waals surface area contributed by atoms with Crippen LogP contribution in [0.1, 0.15) is 362 Å². The van der Waals surface area contributed by atoms with Crippen molar-refractivity contribution in [1.29, 1.82) is 0 Å². The monoisotopic (exact) mass is 965 g/mol. The molecule has 0 heteroatoms. The van der Waals surface area contributed by atoms with E-state index >= 15 is 0 Å². The highest BCUT2D eigenvalue weighted by Gasteiger charge is 2.30. The minimum absolute atomic E-state index is 0.500. The molecule has 420 valence electrons. The molecule has 6 aliphatic rings. The third kappa shape index (κ3) is 60.3. The maximum Gasteiger partial charge on any atom is -0.0328 e. The standard InChI is InChI=1S/3C8H16.2C7H14.C6H12.C6H14.2C5H12.C4H10.2C2H6/c1-7-5-4-6-8(7,2)3;1-6-4-5-7(2)8(6)3;1-3-8(2)6-4-5-7-8;1-6-4-3-5-7(6)2;1-7-5-3-2-4-6-7;1-6-4-2-3-5-6;1-5-6(2,3)4;1-5(2,3)4;1-4-5(2)3;1-4(2)3;2*1-2/h7H,4-6H2,1-3H3;6-8H,4-5H2,1-3H3;3-7H2,1-2H3;6-7H,3-5H2,1-2H3;7H,2-6H2,1H3;6H,2-5H2,1H3;5H2,1-4H3;1-4H3;5H,4H2,1-3H3;4H,1-3H3;2*1-2H3/t7-;;;6-,7?;;;;;;;;/m1..1......../s1. The van der Waals surface area contributed by atoms with Crippen molar-refractivity contribution in [3.05, 3.63) is 0 Å². The van der Waals surface area contributed by atoms with E-state index in [0.717, 1.165) is 64.6 Å². The van der Waals surface area contributed by atoms with Gasteiger partial charge in [-0.25, -0.2) is 0 Å². The van der Waals surface area contributed by atoms with Gasteiger partial charge in [-0.2, -0.15) is 0 Å². The van der Waals surface area contributed by atoms with Crippen LogP contribution < -0.4 is 0 Å². The Morgan fingerprint density at radius 1 is 0.426 bits per heavy atom. The molecule has 0 spiro atoms. The first-order chi connectivity index (χ1) is 31.3. The first-order valence-electron chi connectivity index (χ1n) is 31.3. The van der Waals surface area contributed by atoms with Crippen molar-refractivity contribution >= 4 is 0 Å². The van der Waals surface area contributed by atoms with E-state index in [9.17, 15) is 0 Å². The summed E-state index contributed by atoms with van der Waals surface area (Å²) in [6.07, 6.45) is 34.9. The van der Waals surface area contributed by atoms with Crippen molar-refractivity contribution in [2.24, 2.45) is 80.8 Å². The SMILES string of the molecule is CC.CC.CC(C)(C)C.CC(C)C.CC1CCC(C)C1C.CC1CCCC1.CC1CCCCC1.CC1CCC[C@H]1C.CCC(C)(C)C.CCC(C)C.CCC1(C)CCCC1.C[C@@H]1CCCC1(C)C. The molecule has 0 aromatic rings. The van der Waals surface area contributed by atoms with Gasteiger partial charge < -0.3 is 0 Å². The van der Waals surface area contributed by atoms with E-state index in [1.165, 1.54) is 154 Å². The molecule has 0 saturated heterocycles. The Kier molecular flexibility index (Phi) is 56.0. The van der Waals surface area contributed by atoms with E-state index in [0.29, 0.717) is 16.2 Å². The molecule has 6 aliphatic carbocycles. The molecule has 0 N–H and O–H groups in total. The molecule has 0 nitrogen and oxygen atoms in total. The third-order valence-electron chi connectivity index (χ3n) is 16.0. The number of rotatable bonds is 2. The molecule has 6 saturated carbocycles. The Morgan fingerprint density at radius 3 is 0.838 bits per heavy atom. The summed E-state index contributed by atoms with van der Waals surface area (Å²) in [5.74, 6) is 9.75. The normalized spacial score (nSPS) is 25.4. The van der Waals surface area contributed by atoms with Crippen molar-refractivity contribution in [1.82, 2.24) is 0 Å². The fourth-order valence-corrected chi connectivity index (χ4v) is 8.46. The minimum Gasteiger partial charge on any atom is -0.0683 e. The van der Waals surface area contributed by atoms with Crippen LogP contribution in [0.4, 0.5) is 0 Å². The molecule has 0 radical (unpaired) electrons. The second kappa shape index (κ2) is 48.0. The highest BCUT2D eigenvalue weighted by molar-refractivity contribution is 4.81. The molecule has 6 fully saturated rings. The van der Waals surface area contributed by atoms with E-state index < -0.39 is 0 Å². The second-order valence-electron chi connectivity index (χ2n) is 28.0. The van der Waals surface area contributed by atoms with E-state index in [-0.39, 0.29) is 0 Å². The molecule has 0 bridgehead atoms. The molecular formula is C68H148. The van der Waals surface area contributed by atoms with Crippen LogP contribution in [-0.2, 0) is 0 Å². The fraction of sp³-hybridized carbons (Fsp3) is 1.00. The molecule has 68 heavy (non-hydrogen) atoms. The maximum atomic E-state index is 2.42. The van der Waals surface area contributed by atoms with Gasteiger partial charge >= 0.3 is 0 Å². The van der Waals surface area contributed by atoms with Crippen LogP contribution in [-0.4, -0.2) is 0 Å². The molecule has 3 unspecified atom stereocenters. The lowest BCUT2D eigenvalue weighted by Crippen LogP contribution is -2.13. The Bertz CT molecular complexity index is 903. The van der Waals surface area contributed by atoms with E-state index in [1.807, 2.05) is 27.7 Å². The van der Waals surface area contributed by atoms with E-state index in [2.05, 4.69) is 180 Å². The first-order valence-corrected chi connectivity index (χ1v) is 31.3. The van der Waals surface area contributed by atoms with Crippen molar-refractivity contribution in [2.45, 2.75) is 362 Å². The van der Waals surface area contributed by atoms with Crippen LogP contribution in [0.25, 0.3) is 0 Å². The van der Waals surface area contributed by atoms with E-state index in [1.54, 1.807) is 0 Å².